The van der Waals surface area contributed by atoms with Crippen molar-refractivity contribution in [3.63, 3.8) is 0 Å². The highest BCUT2D eigenvalue weighted by Crippen LogP contribution is 2.26. The first-order valence-electron chi connectivity index (χ1n) is 7.78. The van der Waals surface area contributed by atoms with Gasteiger partial charge >= 0.3 is 0 Å². The lowest BCUT2D eigenvalue weighted by atomic mass is 10.2. The van der Waals surface area contributed by atoms with Gasteiger partial charge in [0.05, 0.1) is 11.9 Å². The molecule has 0 aliphatic heterocycles. The Bertz CT molecular complexity index is 882. The van der Waals surface area contributed by atoms with E-state index in [0.29, 0.717) is 10.7 Å². The zero-order valence-corrected chi connectivity index (χ0v) is 16.0. The molecule has 1 amide bonds. The van der Waals surface area contributed by atoms with Gasteiger partial charge in [-0.05, 0) is 49.2 Å². The molecule has 0 aliphatic carbocycles. The predicted octanol–water partition coefficient (Wildman–Crippen LogP) is 3.75. The van der Waals surface area contributed by atoms with Crippen LogP contribution in [0.2, 0.25) is 5.02 Å². The van der Waals surface area contributed by atoms with Crippen molar-refractivity contribution in [3.05, 3.63) is 58.6 Å². The van der Waals surface area contributed by atoms with Crippen molar-refractivity contribution < 1.29 is 13.2 Å². The second kappa shape index (κ2) is 7.89. The summed E-state index contributed by atoms with van der Waals surface area (Å²) in [7, 11) is -3.52. The number of rotatable bonds is 6. The lowest BCUT2D eigenvalue weighted by Crippen LogP contribution is -2.33. The fraction of sp³-hybridized carbons (Fsp3) is 0.278. The van der Waals surface area contributed by atoms with E-state index in [0.717, 1.165) is 23.1 Å². The highest BCUT2D eigenvalue weighted by molar-refractivity contribution is 7.92. The molecule has 2 aromatic carbocycles. The number of aryl methyl sites for hydroxylation is 2. The number of para-hydroxylation sites is 1. The zero-order chi connectivity index (χ0) is 18.6. The van der Waals surface area contributed by atoms with Crippen molar-refractivity contribution in [2.45, 2.75) is 20.3 Å². The van der Waals surface area contributed by atoms with E-state index in [9.17, 15) is 13.2 Å². The zero-order valence-electron chi connectivity index (χ0n) is 14.4. The first kappa shape index (κ1) is 19.3. The number of nitrogens with one attached hydrogen (secondary N) is 1. The standard InChI is InChI=1S/C18H21ClN2O3S/c1-13-6-4-5-7-16(13)20-18(22)10-11-21(25(3,23)24)17-9-8-15(19)12-14(17)2/h4-9,12H,10-11H2,1-3H3,(H,20,22). The normalized spacial score (nSPS) is 11.2. The smallest absolute Gasteiger partial charge is 0.232 e. The fourth-order valence-electron chi connectivity index (χ4n) is 2.49. The van der Waals surface area contributed by atoms with Gasteiger partial charge in [-0.2, -0.15) is 0 Å². The average Bonchev–Trinajstić information content (AvgIpc) is 2.50. The molecule has 0 aromatic heterocycles. The summed E-state index contributed by atoms with van der Waals surface area (Å²) in [5.41, 5.74) is 2.93. The van der Waals surface area contributed by atoms with Gasteiger partial charge in [0.2, 0.25) is 15.9 Å². The van der Waals surface area contributed by atoms with Crippen molar-refractivity contribution in [2.24, 2.45) is 0 Å². The van der Waals surface area contributed by atoms with Crippen LogP contribution in [0.25, 0.3) is 0 Å². The summed E-state index contributed by atoms with van der Waals surface area (Å²) in [5, 5.41) is 3.34. The minimum atomic E-state index is -3.52. The number of amides is 1. The summed E-state index contributed by atoms with van der Waals surface area (Å²) in [4.78, 5) is 12.2. The Balaban J connectivity index is 2.13. The van der Waals surface area contributed by atoms with Gasteiger partial charge in [-0.25, -0.2) is 8.42 Å². The molecule has 7 heteroatoms. The van der Waals surface area contributed by atoms with Gasteiger partial charge in [-0.15, -0.1) is 0 Å². The monoisotopic (exact) mass is 380 g/mol. The summed E-state index contributed by atoms with van der Waals surface area (Å²) < 4.78 is 25.5. The summed E-state index contributed by atoms with van der Waals surface area (Å²) in [6.45, 7) is 3.74. The minimum absolute atomic E-state index is 0.0451. The number of nitrogens with zero attached hydrogens (tertiary/aromatic N) is 1. The molecule has 0 heterocycles. The first-order chi connectivity index (χ1) is 11.7. The van der Waals surface area contributed by atoms with Gasteiger partial charge in [0, 0.05) is 23.7 Å². The molecule has 0 fully saturated rings. The number of halogens is 1. The van der Waals surface area contributed by atoms with E-state index in [1.54, 1.807) is 25.1 Å². The molecular weight excluding hydrogens is 360 g/mol. The summed E-state index contributed by atoms with van der Waals surface area (Å²) in [5.74, 6) is -0.241. The molecule has 0 aliphatic rings. The maximum atomic E-state index is 12.2. The van der Waals surface area contributed by atoms with Crippen LogP contribution in [0.5, 0.6) is 0 Å². The maximum Gasteiger partial charge on any atom is 0.232 e. The predicted molar refractivity (Wildman–Crippen MR) is 103 cm³/mol. The van der Waals surface area contributed by atoms with Gasteiger partial charge in [0.15, 0.2) is 0 Å². The lowest BCUT2D eigenvalue weighted by Gasteiger charge is -2.24. The van der Waals surface area contributed by atoms with Crippen LogP contribution < -0.4 is 9.62 Å². The van der Waals surface area contributed by atoms with E-state index in [4.69, 9.17) is 11.6 Å². The maximum absolute atomic E-state index is 12.2. The van der Waals surface area contributed by atoms with E-state index >= 15 is 0 Å². The second-order valence-corrected chi connectivity index (χ2v) is 8.22. The van der Waals surface area contributed by atoms with Crippen molar-refractivity contribution >= 4 is 38.9 Å². The molecule has 0 saturated carbocycles. The van der Waals surface area contributed by atoms with Crippen LogP contribution in [0.1, 0.15) is 17.5 Å². The number of carbonyl (C=O) groups is 1. The molecule has 25 heavy (non-hydrogen) atoms. The summed E-state index contributed by atoms with van der Waals surface area (Å²) in [6.07, 6.45) is 1.17. The van der Waals surface area contributed by atoms with E-state index in [2.05, 4.69) is 5.32 Å². The second-order valence-electron chi connectivity index (χ2n) is 5.88. The van der Waals surface area contributed by atoms with Gasteiger partial charge in [0.1, 0.15) is 0 Å². The number of benzene rings is 2. The SMILES string of the molecule is Cc1ccccc1NC(=O)CCN(c1ccc(Cl)cc1C)S(C)(=O)=O. The average molecular weight is 381 g/mol. The third-order valence-corrected chi connectivity index (χ3v) is 5.20. The molecule has 134 valence electrons. The Labute approximate surface area is 153 Å². The van der Waals surface area contributed by atoms with E-state index < -0.39 is 10.0 Å². The van der Waals surface area contributed by atoms with Crippen LogP contribution in [0.4, 0.5) is 11.4 Å². The number of anilines is 2. The van der Waals surface area contributed by atoms with Crippen molar-refractivity contribution in [3.8, 4) is 0 Å². The molecule has 0 atom stereocenters. The Morgan fingerprint density at radius 3 is 2.40 bits per heavy atom. The highest BCUT2D eigenvalue weighted by atomic mass is 35.5. The molecule has 5 nitrogen and oxygen atoms in total. The van der Waals surface area contributed by atoms with Gasteiger partial charge in [-0.3, -0.25) is 9.10 Å². The molecular formula is C18H21ClN2O3S. The topological polar surface area (TPSA) is 66.5 Å². The van der Waals surface area contributed by atoms with Crippen molar-refractivity contribution in [2.75, 3.05) is 22.4 Å². The first-order valence-corrected chi connectivity index (χ1v) is 10.0. The van der Waals surface area contributed by atoms with Gasteiger partial charge < -0.3 is 5.32 Å². The van der Waals surface area contributed by atoms with E-state index in [-0.39, 0.29) is 18.9 Å². The van der Waals surface area contributed by atoms with Crippen molar-refractivity contribution in [1.29, 1.82) is 0 Å². The molecule has 0 bridgehead atoms. The largest absolute Gasteiger partial charge is 0.326 e. The lowest BCUT2D eigenvalue weighted by molar-refractivity contribution is -0.116. The highest BCUT2D eigenvalue weighted by Gasteiger charge is 2.20. The Morgan fingerprint density at radius 2 is 1.80 bits per heavy atom. The Hall–Kier alpha value is -2.05. The molecule has 0 saturated heterocycles. The Morgan fingerprint density at radius 1 is 1.12 bits per heavy atom. The molecule has 2 aromatic rings. The van der Waals surface area contributed by atoms with Gasteiger partial charge in [0.25, 0.3) is 0 Å². The fourth-order valence-corrected chi connectivity index (χ4v) is 3.70. The van der Waals surface area contributed by atoms with Crippen LogP contribution in [0, 0.1) is 13.8 Å². The quantitative estimate of drug-likeness (QED) is 0.829. The van der Waals surface area contributed by atoms with E-state index in [1.807, 2.05) is 31.2 Å². The summed E-state index contributed by atoms with van der Waals surface area (Å²) >= 11 is 5.94. The Kier molecular flexibility index (Phi) is 6.08. The van der Waals surface area contributed by atoms with Gasteiger partial charge in [-0.1, -0.05) is 29.8 Å². The molecule has 0 unspecified atom stereocenters. The van der Waals surface area contributed by atoms with Crippen LogP contribution in [-0.2, 0) is 14.8 Å². The van der Waals surface area contributed by atoms with E-state index in [1.165, 1.54) is 4.31 Å². The third kappa shape index (κ3) is 5.21. The molecule has 0 radical (unpaired) electrons. The van der Waals surface area contributed by atoms with Crippen molar-refractivity contribution in [1.82, 2.24) is 0 Å². The minimum Gasteiger partial charge on any atom is -0.326 e. The number of sulfonamides is 1. The summed E-state index contributed by atoms with van der Waals surface area (Å²) in [6, 6.07) is 12.4. The molecule has 0 spiro atoms. The van der Waals surface area contributed by atoms with Crippen LogP contribution in [-0.4, -0.2) is 27.1 Å². The number of carbonyl (C=O) groups excluding carboxylic acids is 1. The number of hydrogen-bond acceptors (Lipinski definition) is 3. The van der Waals surface area contributed by atoms with Crippen LogP contribution in [0.15, 0.2) is 42.5 Å². The molecule has 1 N–H and O–H groups in total. The van der Waals surface area contributed by atoms with Crippen LogP contribution in [0.3, 0.4) is 0 Å². The third-order valence-electron chi connectivity index (χ3n) is 3.79. The number of hydrogen-bond donors (Lipinski definition) is 1. The van der Waals surface area contributed by atoms with Crippen LogP contribution >= 0.6 is 11.6 Å². The molecule has 2 rings (SSSR count).